The normalized spacial score (nSPS) is 18.1. The van der Waals surface area contributed by atoms with Crippen LogP contribution in [0.1, 0.15) is 35.2 Å². The number of rotatable bonds is 2. The molecule has 0 bridgehead atoms. The quantitative estimate of drug-likeness (QED) is 0.877. The second kappa shape index (κ2) is 5.26. The summed E-state index contributed by atoms with van der Waals surface area (Å²) >= 11 is 0. The van der Waals surface area contributed by atoms with E-state index >= 15 is 0 Å². The number of ether oxygens (including phenoxy) is 2. The van der Waals surface area contributed by atoms with Gasteiger partial charge in [-0.2, -0.15) is 5.10 Å². The Hall–Kier alpha value is -3.03. The fraction of sp³-hybridized carbons (Fsp3) is 0.312. The van der Waals surface area contributed by atoms with Gasteiger partial charge in [-0.05, 0) is 24.1 Å². The third-order valence-electron chi connectivity index (χ3n) is 4.19. The number of carbonyl (C=O) groups excluding carboxylic acids is 2. The number of hydrogen-bond donors (Lipinski definition) is 2. The summed E-state index contributed by atoms with van der Waals surface area (Å²) in [6.45, 7) is 2.10. The van der Waals surface area contributed by atoms with Crippen LogP contribution in [-0.2, 0) is 11.8 Å². The lowest BCUT2D eigenvalue weighted by Crippen LogP contribution is -2.23. The average molecular weight is 328 g/mol. The van der Waals surface area contributed by atoms with Gasteiger partial charge < -0.3 is 20.1 Å². The Labute approximate surface area is 137 Å². The predicted molar refractivity (Wildman–Crippen MR) is 85.4 cm³/mol. The van der Waals surface area contributed by atoms with Crippen molar-refractivity contribution in [1.29, 1.82) is 0 Å². The lowest BCUT2D eigenvalue weighted by molar-refractivity contribution is -0.116. The Balaban J connectivity index is 1.63. The maximum atomic E-state index is 12.5. The minimum absolute atomic E-state index is 0.0190. The maximum Gasteiger partial charge on any atom is 0.257 e. The lowest BCUT2D eigenvalue weighted by Gasteiger charge is -2.20. The highest BCUT2D eigenvalue weighted by molar-refractivity contribution is 6.05. The molecule has 24 heavy (non-hydrogen) atoms. The summed E-state index contributed by atoms with van der Waals surface area (Å²) in [6.07, 6.45) is 0.367. The minimum Gasteiger partial charge on any atom is -0.454 e. The van der Waals surface area contributed by atoms with Crippen LogP contribution >= 0.6 is 0 Å². The number of aryl methyl sites for hydroxylation is 1. The molecule has 0 saturated carbocycles. The van der Waals surface area contributed by atoms with Crippen molar-refractivity contribution in [2.75, 3.05) is 17.4 Å². The van der Waals surface area contributed by atoms with Crippen LogP contribution in [0.15, 0.2) is 18.2 Å². The number of nitrogens with one attached hydrogen (secondary N) is 2. The highest BCUT2D eigenvalue weighted by Gasteiger charge is 2.30. The van der Waals surface area contributed by atoms with E-state index in [-0.39, 0.29) is 24.5 Å². The van der Waals surface area contributed by atoms with Gasteiger partial charge in [-0.1, -0.05) is 6.92 Å². The molecule has 124 valence electrons. The van der Waals surface area contributed by atoms with E-state index < -0.39 is 0 Å². The van der Waals surface area contributed by atoms with E-state index in [1.165, 1.54) is 0 Å². The van der Waals surface area contributed by atoms with Gasteiger partial charge in [0.1, 0.15) is 5.82 Å². The molecular formula is C16H16N4O4. The number of carbonyl (C=O) groups is 2. The summed E-state index contributed by atoms with van der Waals surface area (Å²) in [5.74, 6) is 1.89. The van der Waals surface area contributed by atoms with E-state index in [9.17, 15) is 9.59 Å². The number of fused-ring (bicyclic) bond motifs is 2. The summed E-state index contributed by atoms with van der Waals surface area (Å²) in [7, 11) is 1.73. The zero-order chi connectivity index (χ0) is 16.8. The first-order valence-corrected chi connectivity index (χ1v) is 7.60. The van der Waals surface area contributed by atoms with Crippen LogP contribution in [0.2, 0.25) is 0 Å². The fourth-order valence-corrected chi connectivity index (χ4v) is 3.03. The monoisotopic (exact) mass is 328 g/mol. The Morgan fingerprint density at radius 1 is 1.38 bits per heavy atom. The van der Waals surface area contributed by atoms with Crippen molar-refractivity contribution < 1.29 is 19.1 Å². The maximum absolute atomic E-state index is 12.5. The third-order valence-corrected chi connectivity index (χ3v) is 4.19. The van der Waals surface area contributed by atoms with Gasteiger partial charge in [0.15, 0.2) is 17.3 Å². The number of anilines is 2. The molecule has 3 heterocycles. The van der Waals surface area contributed by atoms with Crippen molar-refractivity contribution in [3.8, 4) is 11.5 Å². The number of aromatic nitrogens is 2. The zero-order valence-corrected chi connectivity index (χ0v) is 13.3. The van der Waals surface area contributed by atoms with Gasteiger partial charge in [-0.3, -0.25) is 14.3 Å². The molecule has 4 rings (SSSR count). The molecule has 2 amide bonds. The zero-order valence-electron chi connectivity index (χ0n) is 13.3. The Morgan fingerprint density at radius 2 is 2.17 bits per heavy atom. The van der Waals surface area contributed by atoms with Crippen molar-refractivity contribution in [2.45, 2.75) is 19.3 Å². The summed E-state index contributed by atoms with van der Waals surface area (Å²) in [4.78, 5) is 24.2. The van der Waals surface area contributed by atoms with Gasteiger partial charge in [-0.25, -0.2) is 0 Å². The molecule has 1 unspecified atom stereocenters. The largest absolute Gasteiger partial charge is 0.454 e. The van der Waals surface area contributed by atoms with Crippen LogP contribution in [0.25, 0.3) is 0 Å². The predicted octanol–water partition coefficient (Wildman–Crippen LogP) is 1.85. The van der Waals surface area contributed by atoms with Crippen molar-refractivity contribution in [2.24, 2.45) is 7.05 Å². The van der Waals surface area contributed by atoms with E-state index in [0.717, 1.165) is 5.56 Å². The number of benzene rings is 1. The van der Waals surface area contributed by atoms with Gasteiger partial charge in [0, 0.05) is 24.6 Å². The first kappa shape index (κ1) is 14.6. The molecule has 1 atom stereocenters. The van der Waals surface area contributed by atoms with Crippen LogP contribution in [-0.4, -0.2) is 28.4 Å². The Bertz CT molecular complexity index is 858. The van der Waals surface area contributed by atoms with Crippen molar-refractivity contribution in [3.63, 3.8) is 0 Å². The van der Waals surface area contributed by atoms with Crippen LogP contribution in [0.4, 0.5) is 11.6 Å². The lowest BCUT2D eigenvalue weighted by atomic mass is 9.95. The summed E-state index contributed by atoms with van der Waals surface area (Å²) in [5, 5.41) is 9.95. The van der Waals surface area contributed by atoms with E-state index in [2.05, 4.69) is 15.7 Å². The SMILES string of the molecule is CC1CC(=O)Nc2c1c(NC(=O)c1ccc3c(c1)OCO3)nn2C. The first-order chi connectivity index (χ1) is 11.5. The molecule has 0 fully saturated rings. The number of hydrogen-bond acceptors (Lipinski definition) is 5. The van der Waals surface area contributed by atoms with Crippen LogP contribution in [0.3, 0.4) is 0 Å². The van der Waals surface area contributed by atoms with Gasteiger partial charge in [0.05, 0.1) is 0 Å². The summed E-state index contributed by atoms with van der Waals surface area (Å²) < 4.78 is 12.1. The molecule has 8 nitrogen and oxygen atoms in total. The van der Waals surface area contributed by atoms with Crippen molar-refractivity contribution in [1.82, 2.24) is 9.78 Å². The minimum atomic E-state index is -0.293. The Morgan fingerprint density at radius 3 is 3.00 bits per heavy atom. The van der Waals surface area contributed by atoms with Crippen LogP contribution in [0, 0.1) is 0 Å². The summed E-state index contributed by atoms with van der Waals surface area (Å²) in [5.41, 5.74) is 1.29. The number of nitrogens with zero attached hydrogens (tertiary/aromatic N) is 2. The summed E-state index contributed by atoms with van der Waals surface area (Å²) in [6, 6.07) is 5.01. The smallest absolute Gasteiger partial charge is 0.257 e. The van der Waals surface area contributed by atoms with Crippen molar-refractivity contribution >= 4 is 23.5 Å². The second-order valence-electron chi connectivity index (χ2n) is 5.91. The van der Waals surface area contributed by atoms with E-state index in [0.29, 0.717) is 35.1 Å². The van der Waals surface area contributed by atoms with Gasteiger partial charge in [0.2, 0.25) is 12.7 Å². The molecule has 2 aliphatic rings. The van der Waals surface area contributed by atoms with Crippen LogP contribution in [0.5, 0.6) is 11.5 Å². The molecule has 1 aromatic carbocycles. The highest BCUT2D eigenvalue weighted by Crippen LogP contribution is 2.37. The van der Waals surface area contributed by atoms with Crippen LogP contribution < -0.4 is 20.1 Å². The molecular weight excluding hydrogens is 312 g/mol. The highest BCUT2D eigenvalue weighted by atomic mass is 16.7. The standard InChI is InChI=1S/C16H16N4O4/c1-8-5-12(21)17-15-13(8)14(19-20(15)2)18-16(22)9-3-4-10-11(6-9)24-7-23-10/h3-4,6,8H,5,7H2,1-2H3,(H,17,21)(H,18,19,22). The van der Waals surface area contributed by atoms with E-state index in [4.69, 9.17) is 9.47 Å². The molecule has 0 saturated heterocycles. The molecule has 2 N–H and O–H groups in total. The molecule has 1 aromatic heterocycles. The second-order valence-corrected chi connectivity index (χ2v) is 5.91. The first-order valence-electron chi connectivity index (χ1n) is 7.60. The number of amides is 2. The van der Waals surface area contributed by atoms with E-state index in [1.807, 2.05) is 6.92 Å². The molecule has 8 heteroatoms. The van der Waals surface area contributed by atoms with Gasteiger partial charge in [-0.15, -0.1) is 0 Å². The van der Waals surface area contributed by atoms with E-state index in [1.54, 1.807) is 29.9 Å². The molecule has 2 aliphatic heterocycles. The molecule has 0 spiro atoms. The van der Waals surface area contributed by atoms with Gasteiger partial charge in [0.25, 0.3) is 5.91 Å². The Kier molecular flexibility index (Phi) is 3.19. The van der Waals surface area contributed by atoms with Gasteiger partial charge >= 0.3 is 0 Å². The fourth-order valence-electron chi connectivity index (χ4n) is 3.03. The third kappa shape index (κ3) is 2.27. The topological polar surface area (TPSA) is 94.5 Å². The van der Waals surface area contributed by atoms with Crippen molar-refractivity contribution in [3.05, 3.63) is 29.3 Å². The molecule has 0 radical (unpaired) electrons. The average Bonchev–Trinajstić information content (AvgIpc) is 3.11. The molecule has 0 aliphatic carbocycles. The molecule has 2 aromatic rings.